The second-order valence-electron chi connectivity index (χ2n) is 10.2. The predicted octanol–water partition coefficient (Wildman–Crippen LogP) is 5.75. The van der Waals surface area contributed by atoms with Crippen LogP contribution in [0.4, 0.5) is 5.69 Å². The van der Waals surface area contributed by atoms with E-state index in [0.29, 0.717) is 21.3 Å². The molecule has 2 aromatic rings. The highest BCUT2D eigenvalue weighted by molar-refractivity contribution is 7.92. The standard InChI is InChI=1S/C28H37Cl2N3O4S/c1-19(2)22-13-8-9-16-26(22)33(38(4,36)37)18-27(34)32(17-23-24(29)14-10-15-25(23)30)20(3)28(35)31-21-11-6-5-7-12-21/h8-10,13-16,19-21H,5-7,11-12,17-18H2,1-4H3,(H,31,35)/t20-/m1/s1. The molecule has 0 bridgehead atoms. The Hall–Kier alpha value is -2.29. The van der Waals surface area contributed by atoms with Crippen LogP contribution in [0.3, 0.4) is 0 Å². The van der Waals surface area contributed by atoms with Crippen molar-refractivity contribution < 1.29 is 18.0 Å². The molecule has 0 aliphatic heterocycles. The van der Waals surface area contributed by atoms with Gasteiger partial charge in [0.15, 0.2) is 0 Å². The zero-order valence-corrected chi connectivity index (χ0v) is 24.7. The Labute approximate surface area is 236 Å². The Morgan fingerprint density at radius 1 is 0.974 bits per heavy atom. The molecule has 1 saturated carbocycles. The van der Waals surface area contributed by atoms with Crippen LogP contribution in [-0.4, -0.2) is 50.0 Å². The van der Waals surface area contributed by atoms with E-state index in [4.69, 9.17) is 23.2 Å². The number of carbonyl (C=O) groups is 2. The van der Waals surface area contributed by atoms with Crippen LogP contribution in [-0.2, 0) is 26.2 Å². The summed E-state index contributed by atoms with van der Waals surface area (Å²) in [6.07, 6.45) is 6.13. The van der Waals surface area contributed by atoms with Gasteiger partial charge in [0.2, 0.25) is 21.8 Å². The number of rotatable bonds is 10. The first kappa shape index (κ1) is 30.3. The van der Waals surface area contributed by atoms with Gasteiger partial charge < -0.3 is 10.2 Å². The number of amides is 2. The highest BCUT2D eigenvalue weighted by Gasteiger charge is 2.32. The van der Waals surface area contributed by atoms with Gasteiger partial charge in [-0.05, 0) is 49.4 Å². The molecule has 2 aromatic carbocycles. The van der Waals surface area contributed by atoms with E-state index in [1.54, 1.807) is 37.3 Å². The van der Waals surface area contributed by atoms with E-state index >= 15 is 0 Å². The molecule has 0 saturated heterocycles. The van der Waals surface area contributed by atoms with Crippen molar-refractivity contribution in [1.29, 1.82) is 0 Å². The first-order valence-corrected chi connectivity index (χ1v) is 15.6. The third-order valence-corrected chi connectivity index (χ3v) is 8.85. The lowest BCUT2D eigenvalue weighted by molar-refractivity contribution is -0.139. The van der Waals surface area contributed by atoms with Crippen LogP contribution < -0.4 is 9.62 Å². The maximum atomic E-state index is 13.9. The molecule has 7 nitrogen and oxygen atoms in total. The van der Waals surface area contributed by atoms with E-state index in [2.05, 4.69) is 5.32 Å². The Morgan fingerprint density at radius 3 is 2.16 bits per heavy atom. The minimum Gasteiger partial charge on any atom is -0.352 e. The average molecular weight is 583 g/mol. The van der Waals surface area contributed by atoms with Crippen LogP contribution in [0.5, 0.6) is 0 Å². The van der Waals surface area contributed by atoms with Crippen LogP contribution in [0.25, 0.3) is 0 Å². The summed E-state index contributed by atoms with van der Waals surface area (Å²) in [7, 11) is -3.83. The van der Waals surface area contributed by atoms with Gasteiger partial charge >= 0.3 is 0 Å². The molecule has 0 aromatic heterocycles. The number of nitrogens with zero attached hydrogens (tertiary/aromatic N) is 2. The van der Waals surface area contributed by atoms with Crippen LogP contribution in [0, 0.1) is 0 Å². The van der Waals surface area contributed by atoms with Crippen molar-refractivity contribution in [3.05, 3.63) is 63.6 Å². The molecule has 0 heterocycles. The largest absolute Gasteiger partial charge is 0.352 e. The number of hydrogen-bond donors (Lipinski definition) is 1. The van der Waals surface area contributed by atoms with Crippen molar-refractivity contribution in [3.8, 4) is 0 Å². The molecule has 1 aliphatic carbocycles. The van der Waals surface area contributed by atoms with Crippen LogP contribution in [0.15, 0.2) is 42.5 Å². The summed E-state index contributed by atoms with van der Waals surface area (Å²) in [5, 5.41) is 3.80. The molecule has 1 aliphatic rings. The first-order chi connectivity index (χ1) is 17.9. The molecular weight excluding hydrogens is 545 g/mol. The molecule has 38 heavy (non-hydrogen) atoms. The Bertz CT molecular complexity index is 1230. The molecule has 1 N–H and O–H groups in total. The summed E-state index contributed by atoms with van der Waals surface area (Å²) in [4.78, 5) is 28.5. The molecule has 2 amide bonds. The molecule has 1 fully saturated rings. The number of benzene rings is 2. The smallest absolute Gasteiger partial charge is 0.244 e. The highest BCUT2D eigenvalue weighted by atomic mass is 35.5. The minimum absolute atomic E-state index is 0.0313. The molecule has 10 heteroatoms. The summed E-state index contributed by atoms with van der Waals surface area (Å²) in [6, 6.07) is 11.3. The van der Waals surface area contributed by atoms with Crippen LogP contribution in [0.1, 0.15) is 69.9 Å². The highest BCUT2D eigenvalue weighted by Crippen LogP contribution is 2.30. The second kappa shape index (κ2) is 13.2. The summed E-state index contributed by atoms with van der Waals surface area (Å²) in [5.74, 6) is -0.790. The van der Waals surface area contributed by atoms with Gasteiger partial charge in [-0.1, -0.05) is 80.6 Å². The van der Waals surface area contributed by atoms with Crippen molar-refractivity contribution >= 4 is 50.7 Å². The molecule has 0 radical (unpaired) electrons. The number of anilines is 1. The predicted molar refractivity (Wildman–Crippen MR) is 154 cm³/mol. The SMILES string of the molecule is CC(C)c1ccccc1N(CC(=O)N(Cc1c(Cl)cccc1Cl)[C@H](C)C(=O)NC1CCCCC1)S(C)(=O)=O. The van der Waals surface area contributed by atoms with Crippen molar-refractivity contribution in [3.63, 3.8) is 0 Å². The maximum absolute atomic E-state index is 13.9. The fraction of sp³-hybridized carbons (Fsp3) is 0.500. The van der Waals surface area contributed by atoms with E-state index in [9.17, 15) is 18.0 Å². The van der Waals surface area contributed by atoms with Gasteiger partial charge in [0.05, 0.1) is 11.9 Å². The minimum atomic E-state index is -3.83. The summed E-state index contributed by atoms with van der Waals surface area (Å²) in [5.41, 5.74) is 1.73. The Kier molecular flexibility index (Phi) is 10.5. The lowest BCUT2D eigenvalue weighted by Gasteiger charge is -2.33. The Morgan fingerprint density at radius 2 is 1.58 bits per heavy atom. The molecule has 208 valence electrons. The number of halogens is 2. The van der Waals surface area contributed by atoms with E-state index in [1.807, 2.05) is 26.0 Å². The lowest BCUT2D eigenvalue weighted by atomic mass is 9.95. The number of nitrogens with one attached hydrogen (secondary N) is 1. The summed E-state index contributed by atoms with van der Waals surface area (Å²) in [6.45, 7) is 5.06. The van der Waals surface area contributed by atoms with Crippen molar-refractivity contribution in [2.45, 2.75) is 77.4 Å². The number of hydrogen-bond acceptors (Lipinski definition) is 4. The van der Waals surface area contributed by atoms with Gasteiger partial charge in [0, 0.05) is 28.2 Å². The monoisotopic (exact) mass is 581 g/mol. The van der Waals surface area contributed by atoms with E-state index < -0.39 is 28.5 Å². The third-order valence-electron chi connectivity index (χ3n) is 7.02. The maximum Gasteiger partial charge on any atom is 0.244 e. The van der Waals surface area contributed by atoms with Crippen molar-refractivity contribution in [2.75, 3.05) is 17.1 Å². The molecular formula is C28H37Cl2N3O4S. The van der Waals surface area contributed by atoms with Gasteiger partial charge in [0.1, 0.15) is 12.6 Å². The number of carbonyl (C=O) groups excluding carboxylic acids is 2. The zero-order valence-electron chi connectivity index (χ0n) is 22.4. The molecule has 0 spiro atoms. The van der Waals surface area contributed by atoms with E-state index in [1.165, 1.54) is 4.90 Å². The van der Waals surface area contributed by atoms with Gasteiger partial charge in [-0.2, -0.15) is 0 Å². The molecule has 0 unspecified atom stereocenters. The zero-order chi connectivity index (χ0) is 28.0. The molecule has 1 atom stereocenters. The van der Waals surface area contributed by atoms with Gasteiger partial charge in [-0.3, -0.25) is 13.9 Å². The first-order valence-electron chi connectivity index (χ1n) is 13.0. The van der Waals surface area contributed by atoms with Crippen molar-refractivity contribution in [2.24, 2.45) is 0 Å². The Balaban J connectivity index is 1.96. The summed E-state index contributed by atoms with van der Waals surface area (Å²) < 4.78 is 27.0. The number of para-hydroxylation sites is 1. The quantitative estimate of drug-likeness (QED) is 0.387. The van der Waals surface area contributed by atoms with Crippen molar-refractivity contribution in [1.82, 2.24) is 10.2 Å². The third kappa shape index (κ3) is 7.64. The fourth-order valence-electron chi connectivity index (χ4n) is 4.80. The summed E-state index contributed by atoms with van der Waals surface area (Å²) >= 11 is 12.8. The van der Waals surface area contributed by atoms with Crippen LogP contribution in [0.2, 0.25) is 10.0 Å². The van der Waals surface area contributed by atoms with Gasteiger partial charge in [-0.15, -0.1) is 0 Å². The van der Waals surface area contributed by atoms with Gasteiger partial charge in [-0.25, -0.2) is 8.42 Å². The second-order valence-corrected chi connectivity index (χ2v) is 12.9. The average Bonchev–Trinajstić information content (AvgIpc) is 2.86. The molecule has 3 rings (SSSR count). The number of sulfonamides is 1. The fourth-order valence-corrected chi connectivity index (χ4v) is 6.19. The normalized spacial score (nSPS) is 15.2. The van der Waals surface area contributed by atoms with E-state index in [0.717, 1.165) is 48.2 Å². The topological polar surface area (TPSA) is 86.8 Å². The van der Waals surface area contributed by atoms with Crippen LogP contribution >= 0.6 is 23.2 Å². The van der Waals surface area contributed by atoms with Gasteiger partial charge in [0.25, 0.3) is 0 Å². The van der Waals surface area contributed by atoms with E-state index in [-0.39, 0.29) is 24.4 Å². The lowest BCUT2D eigenvalue weighted by Crippen LogP contribution is -2.53.